The summed E-state index contributed by atoms with van der Waals surface area (Å²) in [6, 6.07) is 8.45. The second-order valence-electron chi connectivity index (χ2n) is 5.14. The third-order valence-electron chi connectivity index (χ3n) is 2.90. The smallest absolute Gasteiger partial charge is 0.119 e. The Morgan fingerprint density at radius 2 is 1.81 bits per heavy atom. The largest absolute Gasteiger partial charge is 0.491 e. The van der Waals surface area contributed by atoms with Crippen molar-refractivity contribution < 1.29 is 14.6 Å². The van der Waals surface area contributed by atoms with Gasteiger partial charge in [0.05, 0.1) is 19.3 Å². The summed E-state index contributed by atoms with van der Waals surface area (Å²) in [5.74, 6) is 0.854. The maximum atomic E-state index is 9.64. The average molecular weight is 318 g/mol. The molecule has 1 atom stereocenters. The van der Waals surface area contributed by atoms with Crippen LogP contribution in [0.1, 0.15) is 26.3 Å². The molecule has 4 nitrogen and oxygen atoms in total. The summed E-state index contributed by atoms with van der Waals surface area (Å²) in [5.41, 5.74) is 1.30. The van der Waals surface area contributed by atoms with E-state index in [0.29, 0.717) is 32.4 Å². The Morgan fingerprint density at radius 1 is 1.14 bits per heavy atom. The van der Waals surface area contributed by atoms with Crippen LogP contribution in [0.5, 0.6) is 5.75 Å². The van der Waals surface area contributed by atoms with Gasteiger partial charge in [-0.2, -0.15) is 0 Å². The zero-order chi connectivity index (χ0) is 14.8. The lowest BCUT2D eigenvalue weighted by atomic mass is 10.2. The number of aryl methyl sites for hydroxylation is 1. The molecule has 0 saturated heterocycles. The summed E-state index contributed by atoms with van der Waals surface area (Å²) < 4.78 is 10.9. The molecule has 0 amide bonds. The number of rotatable bonds is 10. The van der Waals surface area contributed by atoms with E-state index in [2.05, 4.69) is 24.4 Å². The van der Waals surface area contributed by atoms with E-state index < -0.39 is 6.10 Å². The Kier molecular flexibility index (Phi) is 11.4. The van der Waals surface area contributed by atoms with E-state index >= 15 is 0 Å². The standard InChI is InChI=1S/C16H27NO3.ClH/c1-4-14-5-7-16(8-6-14)20-10-9-19-12-15(18)11-17-13(2)3;/h5-8,13,15,17-18H,4,9-12H2,1-3H3;1H. The number of aliphatic hydroxyl groups is 1. The highest BCUT2D eigenvalue weighted by Gasteiger charge is 2.04. The van der Waals surface area contributed by atoms with Crippen LogP contribution in [0.15, 0.2) is 24.3 Å². The van der Waals surface area contributed by atoms with E-state index in [4.69, 9.17) is 9.47 Å². The van der Waals surface area contributed by atoms with Gasteiger partial charge in [-0.15, -0.1) is 12.4 Å². The van der Waals surface area contributed by atoms with E-state index in [0.717, 1.165) is 12.2 Å². The molecule has 21 heavy (non-hydrogen) atoms. The number of hydrogen-bond acceptors (Lipinski definition) is 4. The highest BCUT2D eigenvalue weighted by Crippen LogP contribution is 2.12. The minimum absolute atomic E-state index is 0. The summed E-state index contributed by atoms with van der Waals surface area (Å²) in [5, 5.41) is 12.8. The van der Waals surface area contributed by atoms with Crippen LogP contribution in [0.3, 0.4) is 0 Å². The van der Waals surface area contributed by atoms with Crippen molar-refractivity contribution in [3.05, 3.63) is 29.8 Å². The number of hydrogen-bond donors (Lipinski definition) is 2. The van der Waals surface area contributed by atoms with Crippen molar-refractivity contribution in [2.75, 3.05) is 26.4 Å². The molecule has 0 aliphatic heterocycles. The van der Waals surface area contributed by atoms with E-state index in [-0.39, 0.29) is 12.4 Å². The van der Waals surface area contributed by atoms with Crippen LogP contribution in [-0.4, -0.2) is 43.6 Å². The fourth-order valence-corrected chi connectivity index (χ4v) is 1.69. The molecular weight excluding hydrogens is 290 g/mol. The summed E-state index contributed by atoms with van der Waals surface area (Å²) in [6.07, 6.45) is 0.562. The Balaban J connectivity index is 0.00000400. The van der Waals surface area contributed by atoms with Crippen molar-refractivity contribution in [3.63, 3.8) is 0 Å². The predicted molar refractivity (Wildman–Crippen MR) is 88.5 cm³/mol. The van der Waals surface area contributed by atoms with E-state index in [1.807, 2.05) is 26.0 Å². The van der Waals surface area contributed by atoms with E-state index in [1.54, 1.807) is 0 Å². The van der Waals surface area contributed by atoms with Gasteiger partial charge in [-0.1, -0.05) is 32.9 Å². The molecule has 5 heteroatoms. The maximum Gasteiger partial charge on any atom is 0.119 e. The minimum atomic E-state index is -0.471. The van der Waals surface area contributed by atoms with Crippen LogP contribution in [0.4, 0.5) is 0 Å². The van der Waals surface area contributed by atoms with Gasteiger partial charge in [-0.05, 0) is 24.1 Å². The molecule has 1 aromatic carbocycles. The van der Waals surface area contributed by atoms with Gasteiger partial charge in [0.15, 0.2) is 0 Å². The molecule has 1 unspecified atom stereocenters. The Labute approximate surface area is 134 Å². The zero-order valence-corrected chi connectivity index (χ0v) is 14.0. The van der Waals surface area contributed by atoms with Crippen molar-refractivity contribution in [3.8, 4) is 5.75 Å². The lowest BCUT2D eigenvalue weighted by Gasteiger charge is -2.14. The summed E-state index contributed by atoms with van der Waals surface area (Å²) >= 11 is 0. The van der Waals surface area contributed by atoms with Gasteiger partial charge < -0.3 is 19.9 Å². The number of aliphatic hydroxyl groups excluding tert-OH is 1. The fourth-order valence-electron chi connectivity index (χ4n) is 1.69. The van der Waals surface area contributed by atoms with Crippen LogP contribution in [0, 0.1) is 0 Å². The molecule has 1 aromatic rings. The second-order valence-corrected chi connectivity index (χ2v) is 5.14. The molecule has 0 aliphatic rings. The molecule has 0 radical (unpaired) electrons. The molecule has 0 saturated carbocycles. The summed E-state index contributed by atoms with van der Waals surface area (Å²) in [7, 11) is 0. The van der Waals surface area contributed by atoms with Gasteiger partial charge in [-0.3, -0.25) is 0 Å². The first-order valence-electron chi connectivity index (χ1n) is 7.32. The third kappa shape index (κ3) is 9.69. The van der Waals surface area contributed by atoms with Crippen LogP contribution in [-0.2, 0) is 11.2 Å². The third-order valence-corrected chi connectivity index (χ3v) is 2.90. The molecule has 0 aliphatic carbocycles. The van der Waals surface area contributed by atoms with Crippen molar-refractivity contribution in [2.45, 2.75) is 39.3 Å². The van der Waals surface area contributed by atoms with Gasteiger partial charge in [0, 0.05) is 12.6 Å². The van der Waals surface area contributed by atoms with Crippen LogP contribution < -0.4 is 10.1 Å². The van der Waals surface area contributed by atoms with E-state index in [9.17, 15) is 5.11 Å². The van der Waals surface area contributed by atoms with Crippen LogP contribution >= 0.6 is 12.4 Å². The van der Waals surface area contributed by atoms with Gasteiger partial charge >= 0.3 is 0 Å². The molecule has 122 valence electrons. The Morgan fingerprint density at radius 3 is 2.38 bits per heavy atom. The monoisotopic (exact) mass is 317 g/mol. The highest BCUT2D eigenvalue weighted by atomic mass is 35.5. The van der Waals surface area contributed by atoms with Gasteiger partial charge in [0.25, 0.3) is 0 Å². The molecule has 0 fully saturated rings. The van der Waals surface area contributed by atoms with Gasteiger partial charge in [0.2, 0.25) is 0 Å². The lowest BCUT2D eigenvalue weighted by Crippen LogP contribution is -2.34. The van der Waals surface area contributed by atoms with Crippen molar-refractivity contribution in [1.82, 2.24) is 5.32 Å². The molecule has 0 aromatic heterocycles. The molecule has 1 rings (SSSR count). The minimum Gasteiger partial charge on any atom is -0.491 e. The second kappa shape index (κ2) is 11.8. The SMILES string of the molecule is CCc1ccc(OCCOCC(O)CNC(C)C)cc1.Cl. The summed E-state index contributed by atoms with van der Waals surface area (Å²) in [4.78, 5) is 0. The van der Waals surface area contributed by atoms with Crippen LogP contribution in [0.2, 0.25) is 0 Å². The molecule has 0 heterocycles. The van der Waals surface area contributed by atoms with Crippen LogP contribution in [0.25, 0.3) is 0 Å². The average Bonchev–Trinajstić information content (AvgIpc) is 2.45. The normalized spacial score (nSPS) is 12.0. The number of nitrogens with one attached hydrogen (secondary N) is 1. The lowest BCUT2D eigenvalue weighted by molar-refractivity contribution is 0.0244. The topological polar surface area (TPSA) is 50.7 Å². The Hall–Kier alpha value is -0.810. The highest BCUT2D eigenvalue weighted by molar-refractivity contribution is 5.85. The van der Waals surface area contributed by atoms with Crippen molar-refractivity contribution >= 4 is 12.4 Å². The predicted octanol–water partition coefficient (Wildman–Crippen LogP) is 2.43. The van der Waals surface area contributed by atoms with Gasteiger partial charge in [-0.25, -0.2) is 0 Å². The first-order valence-corrected chi connectivity index (χ1v) is 7.32. The first kappa shape index (κ1) is 20.2. The molecular formula is C16H28ClNO3. The molecule has 2 N–H and O–H groups in total. The van der Waals surface area contributed by atoms with Gasteiger partial charge in [0.1, 0.15) is 12.4 Å². The summed E-state index contributed by atoms with van der Waals surface area (Å²) in [6.45, 7) is 8.08. The Bertz CT molecular complexity index is 357. The fraction of sp³-hybridized carbons (Fsp3) is 0.625. The number of ether oxygens (including phenoxy) is 2. The molecule has 0 bridgehead atoms. The van der Waals surface area contributed by atoms with Crippen molar-refractivity contribution in [2.24, 2.45) is 0 Å². The maximum absolute atomic E-state index is 9.64. The molecule has 0 spiro atoms. The number of benzene rings is 1. The first-order chi connectivity index (χ1) is 9.61. The quantitative estimate of drug-likeness (QED) is 0.651. The zero-order valence-electron chi connectivity index (χ0n) is 13.2. The van der Waals surface area contributed by atoms with E-state index in [1.165, 1.54) is 5.56 Å². The van der Waals surface area contributed by atoms with Crippen molar-refractivity contribution in [1.29, 1.82) is 0 Å². The number of halogens is 1.